The van der Waals surface area contributed by atoms with E-state index in [1.165, 1.54) is 11.8 Å². The molecule has 0 aromatic heterocycles. The summed E-state index contributed by atoms with van der Waals surface area (Å²) in [5.74, 6) is 0.704. The predicted molar refractivity (Wildman–Crippen MR) is 86.6 cm³/mol. The van der Waals surface area contributed by atoms with Crippen molar-refractivity contribution in [2.24, 2.45) is 0 Å². The van der Waals surface area contributed by atoms with Crippen LogP contribution in [0.15, 0.2) is 0 Å². The van der Waals surface area contributed by atoms with Crippen LogP contribution in [0.3, 0.4) is 0 Å². The molecule has 0 aliphatic carbocycles. The molecule has 0 aromatic carbocycles. The van der Waals surface area contributed by atoms with Gasteiger partial charge in [0.1, 0.15) is 0 Å². The van der Waals surface area contributed by atoms with Crippen molar-refractivity contribution in [2.45, 2.75) is 51.9 Å². The number of carbonyl (C=O) groups excluding carboxylic acids is 1. The number of hydrogen-bond donors (Lipinski definition) is 0. The van der Waals surface area contributed by atoms with Crippen molar-refractivity contribution in [1.29, 1.82) is 0 Å². The summed E-state index contributed by atoms with van der Waals surface area (Å²) in [7, 11) is 0.00243. The summed E-state index contributed by atoms with van der Waals surface area (Å²) in [4.78, 5) is 11.0. The molecule has 4 atom stereocenters. The van der Waals surface area contributed by atoms with E-state index in [0.29, 0.717) is 32.0 Å². The summed E-state index contributed by atoms with van der Waals surface area (Å²) >= 11 is 1.32. The van der Waals surface area contributed by atoms with Crippen molar-refractivity contribution >= 4 is 25.9 Å². The summed E-state index contributed by atoms with van der Waals surface area (Å²) < 4.78 is 22.1. The number of ether oxygens (including phenoxy) is 2. The molecular weight excluding hydrogens is 495 g/mol. The smallest absolute Gasteiger partial charge is 0.188 e. The van der Waals surface area contributed by atoms with Crippen LogP contribution >= 0.6 is 20.8 Å². The van der Waals surface area contributed by atoms with Crippen LogP contribution in [0.5, 0.6) is 0 Å². The SMILES string of the molecule is CCC(=O)SCCOCCOPOC1[CH-]C(C)OC1CC.[W]. The molecule has 1 fully saturated rings. The van der Waals surface area contributed by atoms with Crippen LogP contribution < -0.4 is 0 Å². The fourth-order valence-corrected chi connectivity index (χ4v) is 3.09. The van der Waals surface area contributed by atoms with E-state index in [0.717, 1.165) is 6.42 Å². The van der Waals surface area contributed by atoms with Gasteiger partial charge >= 0.3 is 0 Å². The van der Waals surface area contributed by atoms with Crippen LogP contribution in [-0.2, 0) is 44.4 Å². The van der Waals surface area contributed by atoms with E-state index in [4.69, 9.17) is 18.5 Å². The van der Waals surface area contributed by atoms with Gasteiger partial charge in [0.25, 0.3) is 0 Å². The third-order valence-electron chi connectivity index (χ3n) is 2.97. The van der Waals surface area contributed by atoms with Gasteiger partial charge in [-0.3, -0.25) is 11.2 Å². The second-order valence-corrected chi connectivity index (χ2v) is 6.52. The van der Waals surface area contributed by atoms with Gasteiger partial charge in [-0.05, 0) is 12.5 Å². The first-order valence-electron chi connectivity index (χ1n) is 7.43. The van der Waals surface area contributed by atoms with Crippen molar-refractivity contribution in [2.75, 3.05) is 25.6 Å². The van der Waals surface area contributed by atoms with Gasteiger partial charge in [-0.15, -0.1) is 0 Å². The molecule has 4 unspecified atom stereocenters. The normalized spacial score (nSPS) is 24.8. The zero-order chi connectivity index (χ0) is 15.5. The van der Waals surface area contributed by atoms with Gasteiger partial charge in [0, 0.05) is 33.2 Å². The van der Waals surface area contributed by atoms with E-state index in [-0.39, 0.29) is 53.5 Å². The first-order valence-corrected chi connectivity index (χ1v) is 9.23. The second kappa shape index (κ2) is 14.3. The van der Waals surface area contributed by atoms with Crippen molar-refractivity contribution in [3.8, 4) is 0 Å². The first kappa shape index (κ1) is 23.0. The standard InChI is InChI=1S/C14H26O5PS.W/c1-4-12-13(10-11(3)18-12)19-20-17-7-6-16-8-9-21-14(15)5-2;/h10-13,20H,4-9H2,1-3H3;/q-1;. The van der Waals surface area contributed by atoms with Crippen LogP contribution in [0.25, 0.3) is 0 Å². The van der Waals surface area contributed by atoms with Crippen LogP contribution in [0.4, 0.5) is 0 Å². The number of carbonyl (C=O) groups is 1. The molecule has 130 valence electrons. The zero-order valence-electron chi connectivity index (χ0n) is 13.4. The number of hydrogen-bond acceptors (Lipinski definition) is 6. The summed E-state index contributed by atoms with van der Waals surface area (Å²) in [6, 6.07) is 0. The third kappa shape index (κ3) is 9.97. The van der Waals surface area contributed by atoms with Crippen molar-refractivity contribution in [1.82, 2.24) is 0 Å². The average Bonchev–Trinajstić information content (AvgIpc) is 2.85. The van der Waals surface area contributed by atoms with Crippen LogP contribution in [0, 0.1) is 6.42 Å². The maximum atomic E-state index is 11.0. The van der Waals surface area contributed by atoms with Crippen LogP contribution in [0.2, 0.25) is 0 Å². The Hall–Kier alpha value is 0.978. The first-order chi connectivity index (χ1) is 10.2. The largest absolute Gasteiger partial charge is 0.407 e. The Morgan fingerprint density at radius 1 is 1.32 bits per heavy atom. The molecule has 0 spiro atoms. The minimum atomic E-state index is 0. The van der Waals surface area contributed by atoms with Gasteiger partial charge < -0.3 is 18.5 Å². The van der Waals surface area contributed by atoms with Crippen LogP contribution in [0.1, 0.15) is 33.6 Å². The summed E-state index contributed by atoms with van der Waals surface area (Å²) in [5.41, 5.74) is 0. The fraction of sp³-hybridized carbons (Fsp3) is 0.857. The summed E-state index contributed by atoms with van der Waals surface area (Å²) in [6.07, 6.45) is 3.90. The molecule has 0 saturated carbocycles. The van der Waals surface area contributed by atoms with E-state index in [1.54, 1.807) is 0 Å². The van der Waals surface area contributed by atoms with Crippen molar-refractivity contribution in [3.63, 3.8) is 0 Å². The molecule has 5 nitrogen and oxygen atoms in total. The zero-order valence-corrected chi connectivity index (χ0v) is 18.2. The molecule has 1 rings (SSSR count). The molecule has 0 amide bonds. The number of rotatable bonds is 11. The topological polar surface area (TPSA) is 54.0 Å². The van der Waals surface area contributed by atoms with Gasteiger partial charge in [-0.1, -0.05) is 38.6 Å². The number of thioether (sulfide) groups is 1. The van der Waals surface area contributed by atoms with E-state index in [1.807, 2.05) is 13.8 Å². The molecule has 0 aromatic rings. The molecule has 1 aliphatic heterocycles. The molecule has 0 radical (unpaired) electrons. The van der Waals surface area contributed by atoms with Gasteiger partial charge in [-0.25, -0.2) is 0 Å². The molecule has 0 N–H and O–H groups in total. The molecule has 22 heavy (non-hydrogen) atoms. The minimum absolute atomic E-state index is 0. The molecule has 1 aliphatic rings. The Morgan fingerprint density at radius 3 is 2.77 bits per heavy atom. The monoisotopic (exact) mass is 521 g/mol. The predicted octanol–water partition coefficient (Wildman–Crippen LogP) is 2.98. The van der Waals surface area contributed by atoms with Crippen molar-refractivity contribution < 1.29 is 44.4 Å². The van der Waals surface area contributed by atoms with Crippen molar-refractivity contribution in [3.05, 3.63) is 6.42 Å². The molecule has 0 bridgehead atoms. The maximum Gasteiger partial charge on any atom is 0.188 e. The Morgan fingerprint density at radius 2 is 2.09 bits per heavy atom. The molecule has 1 saturated heterocycles. The van der Waals surface area contributed by atoms with E-state index in [2.05, 4.69) is 13.3 Å². The van der Waals surface area contributed by atoms with Crippen LogP contribution in [-0.4, -0.2) is 49.0 Å². The van der Waals surface area contributed by atoms with E-state index in [9.17, 15) is 4.79 Å². The molecular formula is C14H26O5PSW-. The van der Waals surface area contributed by atoms with E-state index >= 15 is 0 Å². The van der Waals surface area contributed by atoms with Gasteiger partial charge in [0.05, 0.1) is 25.9 Å². The van der Waals surface area contributed by atoms with Gasteiger partial charge in [0.15, 0.2) is 14.1 Å². The van der Waals surface area contributed by atoms with Gasteiger partial charge in [0.2, 0.25) is 0 Å². The average molecular weight is 521 g/mol. The third-order valence-corrected chi connectivity index (χ3v) is 4.64. The summed E-state index contributed by atoms with van der Waals surface area (Å²) in [6.45, 7) is 7.57. The molecule has 8 heteroatoms. The maximum absolute atomic E-state index is 11.0. The Balaban J connectivity index is 0.00000441. The quantitative estimate of drug-likeness (QED) is 0.237. The Labute approximate surface area is 154 Å². The summed E-state index contributed by atoms with van der Waals surface area (Å²) in [5, 5.41) is 0.208. The Kier molecular flexibility index (Phi) is 15.0. The Bertz CT molecular complexity index is 298. The molecule has 1 heterocycles. The van der Waals surface area contributed by atoms with Gasteiger partial charge in [-0.2, -0.15) is 0 Å². The fourth-order valence-electron chi connectivity index (χ4n) is 1.88. The second-order valence-electron chi connectivity index (χ2n) is 4.68. The minimum Gasteiger partial charge on any atom is -0.407 e. The van der Waals surface area contributed by atoms with E-state index < -0.39 is 0 Å².